The van der Waals surface area contributed by atoms with Crippen molar-refractivity contribution in [1.82, 2.24) is 24.1 Å². The Kier molecular flexibility index (Phi) is 6.05. The van der Waals surface area contributed by atoms with Gasteiger partial charge >= 0.3 is 0 Å². The lowest BCUT2D eigenvalue weighted by molar-refractivity contribution is 0.445. The van der Waals surface area contributed by atoms with Crippen LogP contribution in [0.2, 0.25) is 0 Å². The Morgan fingerprint density at radius 2 is 1.86 bits per heavy atom. The maximum absolute atomic E-state index is 12.6. The summed E-state index contributed by atoms with van der Waals surface area (Å²) in [6.45, 7) is 6.55. The Bertz CT molecular complexity index is 999. The highest BCUT2D eigenvalue weighted by molar-refractivity contribution is 7.89. The van der Waals surface area contributed by atoms with Gasteiger partial charge in [0.1, 0.15) is 5.82 Å². The minimum absolute atomic E-state index is 0.0765. The van der Waals surface area contributed by atoms with E-state index in [1.807, 2.05) is 39.0 Å². The summed E-state index contributed by atoms with van der Waals surface area (Å²) in [5.74, 6) is 1.23. The Balaban J connectivity index is 1.75. The molecule has 0 saturated carbocycles. The average molecular weight is 401 g/mol. The van der Waals surface area contributed by atoms with Gasteiger partial charge in [0.2, 0.25) is 10.0 Å². The van der Waals surface area contributed by atoms with Crippen LogP contribution < -0.4 is 5.32 Å². The summed E-state index contributed by atoms with van der Waals surface area (Å²) >= 11 is 0. The molecular formula is C19H24N6O2S. The van der Waals surface area contributed by atoms with Gasteiger partial charge < -0.3 is 5.32 Å². The van der Waals surface area contributed by atoms with Crippen LogP contribution in [0.25, 0.3) is 5.82 Å². The van der Waals surface area contributed by atoms with Gasteiger partial charge in [0.05, 0.1) is 17.3 Å². The van der Waals surface area contributed by atoms with Crippen LogP contribution >= 0.6 is 0 Å². The third-order valence-electron chi connectivity index (χ3n) is 4.45. The van der Waals surface area contributed by atoms with Crippen LogP contribution in [-0.2, 0) is 10.0 Å². The first-order valence-electron chi connectivity index (χ1n) is 9.14. The van der Waals surface area contributed by atoms with E-state index in [1.165, 1.54) is 4.31 Å². The maximum atomic E-state index is 12.6. The molecule has 0 bridgehead atoms. The van der Waals surface area contributed by atoms with Gasteiger partial charge in [0.15, 0.2) is 5.82 Å². The Hall–Kier alpha value is -2.78. The highest BCUT2D eigenvalue weighted by Crippen LogP contribution is 2.22. The molecule has 0 aliphatic carbocycles. The molecule has 3 rings (SSSR count). The molecule has 2 aromatic heterocycles. The van der Waals surface area contributed by atoms with Gasteiger partial charge in [-0.1, -0.05) is 26.0 Å². The van der Waals surface area contributed by atoms with E-state index in [9.17, 15) is 8.42 Å². The zero-order valence-corrected chi connectivity index (χ0v) is 17.0. The highest BCUT2D eigenvalue weighted by Gasteiger charge is 2.21. The highest BCUT2D eigenvalue weighted by atomic mass is 32.2. The second kappa shape index (κ2) is 8.49. The number of anilines is 1. The number of hydrogen-bond donors (Lipinski definition) is 1. The number of sulfonamides is 1. The predicted octanol–water partition coefficient (Wildman–Crippen LogP) is 2.87. The van der Waals surface area contributed by atoms with Crippen molar-refractivity contribution in [2.24, 2.45) is 0 Å². The van der Waals surface area contributed by atoms with Crippen molar-refractivity contribution in [1.29, 1.82) is 0 Å². The van der Waals surface area contributed by atoms with Gasteiger partial charge in [-0.3, -0.25) is 4.98 Å². The number of nitrogens with one attached hydrogen (secondary N) is 1. The molecule has 2 heterocycles. The van der Waals surface area contributed by atoms with E-state index in [0.29, 0.717) is 29.6 Å². The molecule has 0 amide bonds. The lowest BCUT2D eigenvalue weighted by Crippen LogP contribution is -2.30. The largest absolute Gasteiger partial charge is 0.362 e. The number of aromatic nitrogens is 4. The molecule has 9 heteroatoms. The van der Waals surface area contributed by atoms with Crippen LogP contribution in [0.1, 0.15) is 32.4 Å². The van der Waals surface area contributed by atoms with Crippen LogP contribution in [0, 0.1) is 0 Å². The van der Waals surface area contributed by atoms with Gasteiger partial charge in [0.25, 0.3) is 0 Å². The molecule has 0 fully saturated rings. The molecule has 0 saturated heterocycles. The zero-order valence-electron chi connectivity index (χ0n) is 16.1. The molecule has 1 N–H and O–H groups in total. The summed E-state index contributed by atoms with van der Waals surface area (Å²) in [4.78, 5) is 9.01. The van der Waals surface area contributed by atoms with E-state index >= 15 is 0 Å². The summed E-state index contributed by atoms with van der Waals surface area (Å²) in [5, 5.41) is 7.44. The van der Waals surface area contributed by atoms with Crippen molar-refractivity contribution in [2.45, 2.75) is 31.7 Å². The van der Waals surface area contributed by atoms with E-state index < -0.39 is 10.0 Å². The van der Waals surface area contributed by atoms with Crippen molar-refractivity contribution in [3.63, 3.8) is 0 Å². The molecule has 148 valence electrons. The summed E-state index contributed by atoms with van der Waals surface area (Å²) < 4.78 is 28.3. The molecule has 0 aliphatic heterocycles. The van der Waals surface area contributed by atoms with E-state index in [2.05, 4.69) is 20.4 Å². The van der Waals surface area contributed by atoms with Crippen LogP contribution in [-0.4, -0.2) is 45.6 Å². The van der Waals surface area contributed by atoms with Gasteiger partial charge in [0, 0.05) is 31.5 Å². The SMILES string of the molecule is CCN(CC)S(=O)(=O)c1ccc(C(C)Nc2cncc(-n3cccn3)n2)cc1. The molecule has 1 unspecified atom stereocenters. The molecule has 8 nitrogen and oxygen atoms in total. The summed E-state index contributed by atoms with van der Waals surface area (Å²) in [5.41, 5.74) is 0.949. The summed E-state index contributed by atoms with van der Waals surface area (Å²) in [6, 6.07) is 8.67. The first-order chi connectivity index (χ1) is 13.5. The average Bonchev–Trinajstić information content (AvgIpc) is 3.24. The topological polar surface area (TPSA) is 93.0 Å². The van der Waals surface area contributed by atoms with E-state index in [0.717, 1.165) is 5.56 Å². The zero-order chi connectivity index (χ0) is 20.1. The third-order valence-corrected chi connectivity index (χ3v) is 6.51. The predicted molar refractivity (Wildman–Crippen MR) is 108 cm³/mol. The van der Waals surface area contributed by atoms with E-state index in [1.54, 1.807) is 41.6 Å². The minimum atomic E-state index is -3.45. The van der Waals surface area contributed by atoms with Crippen LogP contribution in [0.3, 0.4) is 0 Å². The first kappa shape index (κ1) is 20.0. The normalized spacial score (nSPS) is 12.9. The van der Waals surface area contributed by atoms with Gasteiger partial charge in [-0.2, -0.15) is 9.40 Å². The van der Waals surface area contributed by atoms with Crippen LogP contribution in [0.5, 0.6) is 0 Å². The second-order valence-corrected chi connectivity index (χ2v) is 8.18. The van der Waals surface area contributed by atoms with Gasteiger partial charge in [-0.15, -0.1) is 0 Å². The molecule has 3 aromatic rings. The van der Waals surface area contributed by atoms with Crippen molar-refractivity contribution < 1.29 is 8.42 Å². The number of benzene rings is 1. The molecule has 0 aliphatic rings. The fourth-order valence-corrected chi connectivity index (χ4v) is 4.34. The lowest BCUT2D eigenvalue weighted by atomic mass is 10.1. The van der Waals surface area contributed by atoms with Gasteiger partial charge in [-0.05, 0) is 30.7 Å². The van der Waals surface area contributed by atoms with Crippen molar-refractivity contribution in [2.75, 3.05) is 18.4 Å². The molecule has 1 atom stereocenters. The van der Waals surface area contributed by atoms with Crippen molar-refractivity contribution >= 4 is 15.8 Å². The van der Waals surface area contributed by atoms with E-state index in [4.69, 9.17) is 0 Å². The smallest absolute Gasteiger partial charge is 0.243 e. The van der Waals surface area contributed by atoms with Gasteiger partial charge in [-0.25, -0.2) is 18.1 Å². The molecule has 1 aromatic carbocycles. The van der Waals surface area contributed by atoms with Crippen molar-refractivity contribution in [3.8, 4) is 5.82 Å². The lowest BCUT2D eigenvalue weighted by Gasteiger charge is -2.19. The fourth-order valence-electron chi connectivity index (χ4n) is 2.89. The second-order valence-electron chi connectivity index (χ2n) is 6.24. The van der Waals surface area contributed by atoms with Crippen LogP contribution in [0.4, 0.5) is 5.82 Å². The number of rotatable bonds is 8. The molecule has 0 spiro atoms. The monoisotopic (exact) mass is 400 g/mol. The minimum Gasteiger partial charge on any atom is -0.362 e. The quantitative estimate of drug-likeness (QED) is 0.625. The molecule has 0 radical (unpaired) electrons. The maximum Gasteiger partial charge on any atom is 0.243 e. The first-order valence-corrected chi connectivity index (χ1v) is 10.6. The summed E-state index contributed by atoms with van der Waals surface area (Å²) in [7, 11) is -3.45. The number of nitrogens with zero attached hydrogens (tertiary/aromatic N) is 5. The van der Waals surface area contributed by atoms with Crippen LogP contribution in [0.15, 0.2) is 60.0 Å². The number of hydrogen-bond acceptors (Lipinski definition) is 6. The van der Waals surface area contributed by atoms with E-state index in [-0.39, 0.29) is 6.04 Å². The Morgan fingerprint density at radius 3 is 2.46 bits per heavy atom. The third kappa shape index (κ3) is 4.20. The standard InChI is InChI=1S/C19H24N6O2S/c1-4-24(5-2)28(26,27)17-9-7-16(8-10-17)15(3)22-18-13-20-14-19(23-18)25-12-6-11-21-25/h6-15H,4-5H2,1-3H3,(H,22,23). The molecule has 28 heavy (non-hydrogen) atoms. The van der Waals surface area contributed by atoms with Crippen molar-refractivity contribution in [3.05, 3.63) is 60.7 Å². The molecular weight excluding hydrogens is 376 g/mol. The fraction of sp³-hybridized carbons (Fsp3) is 0.316. The Labute approximate surface area is 165 Å². The summed E-state index contributed by atoms with van der Waals surface area (Å²) in [6.07, 6.45) is 6.75. The Morgan fingerprint density at radius 1 is 1.14 bits per heavy atom.